The number of anilines is 2. The van der Waals surface area contributed by atoms with Crippen molar-refractivity contribution in [3.8, 4) is 5.75 Å². The van der Waals surface area contributed by atoms with Crippen LogP contribution in [0.2, 0.25) is 0 Å². The van der Waals surface area contributed by atoms with E-state index in [1.54, 1.807) is 13.3 Å². The van der Waals surface area contributed by atoms with Gasteiger partial charge in [-0.15, -0.1) is 0 Å². The van der Waals surface area contributed by atoms with Gasteiger partial charge in [-0.05, 0) is 32.0 Å². The van der Waals surface area contributed by atoms with Crippen molar-refractivity contribution in [2.24, 2.45) is 0 Å². The van der Waals surface area contributed by atoms with Crippen LogP contribution >= 0.6 is 0 Å². The average molecular weight is 272 g/mol. The first-order valence-electron chi connectivity index (χ1n) is 6.48. The van der Waals surface area contributed by atoms with E-state index in [1.165, 1.54) is 0 Å². The molecule has 0 fully saturated rings. The zero-order valence-electron chi connectivity index (χ0n) is 11.4. The zero-order valence-corrected chi connectivity index (χ0v) is 11.4. The molecule has 1 amide bonds. The van der Waals surface area contributed by atoms with Gasteiger partial charge in [0.1, 0.15) is 5.75 Å². The van der Waals surface area contributed by atoms with Gasteiger partial charge in [0.25, 0.3) is 5.91 Å². The molecule has 6 heteroatoms. The van der Waals surface area contributed by atoms with Crippen LogP contribution in [0, 0.1) is 6.92 Å². The first-order valence-corrected chi connectivity index (χ1v) is 6.48. The van der Waals surface area contributed by atoms with E-state index in [4.69, 9.17) is 4.74 Å². The van der Waals surface area contributed by atoms with Gasteiger partial charge < -0.3 is 20.4 Å². The number of aryl methyl sites for hydroxylation is 1. The van der Waals surface area contributed by atoms with Gasteiger partial charge in [-0.2, -0.15) is 0 Å². The van der Waals surface area contributed by atoms with Gasteiger partial charge in [0.15, 0.2) is 6.10 Å². The highest BCUT2D eigenvalue weighted by Crippen LogP contribution is 2.32. The monoisotopic (exact) mass is 272 g/mol. The van der Waals surface area contributed by atoms with E-state index in [0.29, 0.717) is 18.0 Å². The third-order valence-corrected chi connectivity index (χ3v) is 3.30. The Morgan fingerprint density at radius 3 is 3.05 bits per heavy atom. The number of carbonyl (C=O) groups excluding carboxylic acids is 1. The van der Waals surface area contributed by atoms with Crippen molar-refractivity contribution in [2.75, 3.05) is 10.6 Å². The van der Waals surface area contributed by atoms with Gasteiger partial charge in [-0.1, -0.05) is 0 Å². The largest absolute Gasteiger partial charge is 0.479 e. The van der Waals surface area contributed by atoms with Crippen LogP contribution in [0.15, 0.2) is 24.5 Å². The molecule has 1 aliphatic heterocycles. The van der Waals surface area contributed by atoms with Crippen LogP contribution in [-0.4, -0.2) is 22.0 Å². The maximum Gasteiger partial charge on any atom is 0.265 e. The standard InChI is InChI=1S/C14H16N4O2/c1-8-12(17-7-16-8)6-15-10-3-4-13-11(5-10)18-14(19)9(2)20-13/h3-5,7,9,15H,6H2,1-2H3,(H,16,17)(H,18,19). The average Bonchev–Trinajstić information content (AvgIpc) is 2.83. The van der Waals surface area contributed by atoms with Crippen LogP contribution < -0.4 is 15.4 Å². The summed E-state index contributed by atoms with van der Waals surface area (Å²) in [6.45, 7) is 4.33. The molecule has 1 atom stereocenters. The molecule has 104 valence electrons. The number of nitrogens with one attached hydrogen (secondary N) is 3. The highest BCUT2D eigenvalue weighted by atomic mass is 16.5. The molecule has 0 saturated heterocycles. The number of hydrogen-bond acceptors (Lipinski definition) is 4. The van der Waals surface area contributed by atoms with Crippen LogP contribution in [0.4, 0.5) is 11.4 Å². The summed E-state index contributed by atoms with van der Waals surface area (Å²) in [6, 6.07) is 5.64. The van der Waals surface area contributed by atoms with E-state index in [9.17, 15) is 4.79 Å². The molecule has 1 aromatic heterocycles. The Balaban J connectivity index is 1.74. The van der Waals surface area contributed by atoms with E-state index in [1.807, 2.05) is 25.1 Å². The van der Waals surface area contributed by atoms with Gasteiger partial charge in [-0.25, -0.2) is 4.98 Å². The number of aromatic amines is 1. The van der Waals surface area contributed by atoms with Crippen molar-refractivity contribution in [2.45, 2.75) is 26.5 Å². The molecule has 0 saturated carbocycles. The van der Waals surface area contributed by atoms with Gasteiger partial charge in [0, 0.05) is 11.4 Å². The zero-order chi connectivity index (χ0) is 14.1. The molecule has 1 aromatic carbocycles. The number of benzene rings is 1. The predicted molar refractivity (Wildman–Crippen MR) is 75.8 cm³/mol. The number of rotatable bonds is 3. The van der Waals surface area contributed by atoms with E-state index in [0.717, 1.165) is 17.1 Å². The summed E-state index contributed by atoms with van der Waals surface area (Å²) in [4.78, 5) is 18.9. The molecule has 3 rings (SSSR count). The summed E-state index contributed by atoms with van der Waals surface area (Å²) in [5.41, 5.74) is 3.61. The highest BCUT2D eigenvalue weighted by molar-refractivity contribution is 5.98. The predicted octanol–water partition coefficient (Wildman–Crippen LogP) is 2.05. The van der Waals surface area contributed by atoms with Crippen molar-refractivity contribution in [1.29, 1.82) is 0 Å². The van der Waals surface area contributed by atoms with Gasteiger partial charge >= 0.3 is 0 Å². The molecule has 3 N–H and O–H groups in total. The Labute approximate surface area is 116 Å². The highest BCUT2D eigenvalue weighted by Gasteiger charge is 2.23. The fourth-order valence-electron chi connectivity index (χ4n) is 2.07. The minimum Gasteiger partial charge on any atom is -0.479 e. The molecule has 0 aliphatic carbocycles. The number of H-pyrrole nitrogens is 1. The molecule has 2 aromatic rings. The van der Waals surface area contributed by atoms with E-state index < -0.39 is 6.10 Å². The second-order valence-corrected chi connectivity index (χ2v) is 4.79. The van der Waals surface area contributed by atoms with Crippen LogP contribution in [0.25, 0.3) is 0 Å². The normalized spacial score (nSPS) is 17.1. The lowest BCUT2D eigenvalue weighted by Gasteiger charge is -2.23. The summed E-state index contributed by atoms with van der Waals surface area (Å²) in [5.74, 6) is 0.566. The number of amides is 1. The van der Waals surface area contributed by atoms with Crippen molar-refractivity contribution < 1.29 is 9.53 Å². The molecular weight excluding hydrogens is 256 g/mol. The summed E-state index contributed by atoms with van der Waals surface area (Å²) in [6.07, 6.45) is 1.22. The van der Waals surface area contributed by atoms with Crippen LogP contribution in [0.1, 0.15) is 18.3 Å². The number of imidazole rings is 1. The molecule has 6 nitrogen and oxygen atoms in total. The fraction of sp³-hybridized carbons (Fsp3) is 0.286. The Morgan fingerprint density at radius 2 is 2.30 bits per heavy atom. The fourth-order valence-corrected chi connectivity index (χ4v) is 2.07. The van der Waals surface area contributed by atoms with Crippen molar-refractivity contribution in [1.82, 2.24) is 9.97 Å². The van der Waals surface area contributed by atoms with Crippen molar-refractivity contribution >= 4 is 17.3 Å². The SMILES string of the molecule is Cc1[nH]cnc1CNc1ccc2c(c1)NC(=O)C(C)O2. The second kappa shape index (κ2) is 4.88. The van der Waals surface area contributed by atoms with Gasteiger partial charge in [0.05, 0.1) is 24.3 Å². The van der Waals surface area contributed by atoms with Crippen molar-refractivity contribution in [3.63, 3.8) is 0 Å². The Kier molecular flexibility index (Phi) is 3.06. The quantitative estimate of drug-likeness (QED) is 0.799. The summed E-state index contributed by atoms with van der Waals surface area (Å²) < 4.78 is 5.51. The van der Waals surface area contributed by atoms with E-state index >= 15 is 0 Å². The smallest absolute Gasteiger partial charge is 0.265 e. The van der Waals surface area contributed by atoms with E-state index in [-0.39, 0.29) is 5.91 Å². The summed E-state index contributed by atoms with van der Waals surface area (Å²) >= 11 is 0. The number of aromatic nitrogens is 2. The lowest BCUT2D eigenvalue weighted by atomic mass is 10.2. The Morgan fingerprint density at radius 1 is 1.45 bits per heavy atom. The lowest BCUT2D eigenvalue weighted by molar-refractivity contribution is -0.122. The van der Waals surface area contributed by atoms with Gasteiger partial charge in [0.2, 0.25) is 0 Å². The van der Waals surface area contributed by atoms with Crippen LogP contribution in [-0.2, 0) is 11.3 Å². The Bertz CT molecular complexity index is 650. The minimum atomic E-state index is -0.451. The second-order valence-electron chi connectivity index (χ2n) is 4.79. The topological polar surface area (TPSA) is 79.0 Å². The maximum atomic E-state index is 11.6. The molecule has 0 spiro atoms. The number of fused-ring (bicyclic) bond motifs is 1. The maximum absolute atomic E-state index is 11.6. The third kappa shape index (κ3) is 2.32. The molecule has 20 heavy (non-hydrogen) atoms. The number of ether oxygens (including phenoxy) is 1. The lowest BCUT2D eigenvalue weighted by Crippen LogP contribution is -2.34. The first-order chi connectivity index (χ1) is 9.63. The van der Waals surface area contributed by atoms with Crippen LogP contribution in [0.3, 0.4) is 0 Å². The molecule has 1 unspecified atom stereocenters. The molecule has 0 bridgehead atoms. The minimum absolute atomic E-state index is 0.127. The summed E-state index contributed by atoms with van der Waals surface area (Å²) in [7, 11) is 0. The molecular formula is C14H16N4O2. The van der Waals surface area contributed by atoms with Gasteiger partial charge in [-0.3, -0.25) is 4.79 Å². The molecule has 1 aliphatic rings. The number of hydrogen-bond donors (Lipinski definition) is 3. The first kappa shape index (κ1) is 12.5. The van der Waals surface area contributed by atoms with Crippen molar-refractivity contribution in [3.05, 3.63) is 35.9 Å². The van der Waals surface area contributed by atoms with E-state index in [2.05, 4.69) is 20.6 Å². The Hall–Kier alpha value is -2.50. The third-order valence-electron chi connectivity index (χ3n) is 3.30. The van der Waals surface area contributed by atoms with Crippen LogP contribution in [0.5, 0.6) is 5.75 Å². The number of carbonyl (C=O) groups is 1. The number of nitrogens with zero attached hydrogens (tertiary/aromatic N) is 1. The molecule has 2 heterocycles. The molecule has 0 radical (unpaired) electrons. The summed E-state index contributed by atoms with van der Waals surface area (Å²) in [5, 5.41) is 6.10.